The number of amides is 2. The number of anilines is 2. The fourth-order valence-corrected chi connectivity index (χ4v) is 2.10. The molecule has 0 aliphatic carbocycles. The van der Waals surface area contributed by atoms with Crippen molar-refractivity contribution in [3.05, 3.63) is 58.5 Å². The molecule has 0 saturated carbocycles. The van der Waals surface area contributed by atoms with Crippen LogP contribution >= 0.6 is 0 Å². The minimum atomic E-state index is -0.353. The number of nitrogens with one attached hydrogen (secondary N) is 2. The molecule has 21 heavy (non-hydrogen) atoms. The molecular weight excluding hydrogens is 270 g/mol. The van der Waals surface area contributed by atoms with E-state index in [0.29, 0.717) is 17.7 Å². The quantitative estimate of drug-likeness (QED) is 0.834. The molecule has 1 aromatic heterocycles. The Balaban J connectivity index is 1.71. The first-order chi connectivity index (χ1) is 10.1. The van der Waals surface area contributed by atoms with Gasteiger partial charge in [0.15, 0.2) is 0 Å². The average molecular weight is 283 g/mol. The van der Waals surface area contributed by atoms with E-state index < -0.39 is 0 Å². The van der Waals surface area contributed by atoms with E-state index in [0.717, 1.165) is 12.2 Å². The van der Waals surface area contributed by atoms with Crippen LogP contribution in [0.4, 0.5) is 11.4 Å². The molecule has 0 atom stereocenters. The first-order valence-electron chi connectivity index (χ1n) is 6.54. The number of rotatable bonds is 3. The number of H-pyrrole nitrogens is 1. The second-order valence-corrected chi connectivity index (χ2v) is 4.74. The fourth-order valence-electron chi connectivity index (χ4n) is 2.10. The Bertz CT molecular complexity index is 749. The third-order valence-corrected chi connectivity index (χ3v) is 3.32. The third kappa shape index (κ3) is 2.69. The maximum atomic E-state index is 12.0. The zero-order valence-corrected chi connectivity index (χ0v) is 11.1. The maximum Gasteiger partial charge on any atom is 0.255 e. The fraction of sp³-hybridized carbons (Fsp3) is 0.133. The lowest BCUT2D eigenvalue weighted by molar-refractivity contribution is -0.122. The van der Waals surface area contributed by atoms with Crippen LogP contribution in [0.3, 0.4) is 0 Å². The van der Waals surface area contributed by atoms with Crippen molar-refractivity contribution in [1.29, 1.82) is 0 Å². The van der Waals surface area contributed by atoms with Gasteiger partial charge in [-0.05, 0) is 30.3 Å². The van der Waals surface area contributed by atoms with Crippen LogP contribution in [0.1, 0.15) is 16.8 Å². The molecule has 0 radical (unpaired) electrons. The molecule has 1 aliphatic rings. The predicted molar refractivity (Wildman–Crippen MR) is 78.4 cm³/mol. The highest BCUT2D eigenvalue weighted by molar-refractivity contribution is 6.04. The minimum absolute atomic E-state index is 0.107. The summed E-state index contributed by atoms with van der Waals surface area (Å²) in [7, 11) is 0. The zero-order chi connectivity index (χ0) is 14.8. The Morgan fingerprint density at radius 3 is 2.48 bits per heavy atom. The lowest BCUT2D eigenvalue weighted by atomic mass is 10.1. The van der Waals surface area contributed by atoms with Crippen molar-refractivity contribution in [3.8, 4) is 0 Å². The van der Waals surface area contributed by atoms with Crippen LogP contribution < -0.4 is 15.8 Å². The molecule has 1 aromatic carbocycles. The monoisotopic (exact) mass is 283 g/mol. The normalized spacial score (nSPS) is 13.7. The Kier molecular flexibility index (Phi) is 3.27. The van der Waals surface area contributed by atoms with Gasteiger partial charge in [0.2, 0.25) is 11.5 Å². The van der Waals surface area contributed by atoms with E-state index in [-0.39, 0.29) is 17.4 Å². The number of hydrogen-bond acceptors (Lipinski definition) is 3. The molecule has 2 aromatic rings. The van der Waals surface area contributed by atoms with Crippen LogP contribution in [0, 0.1) is 0 Å². The standard InChI is InChI=1S/C15H13N3O3/c19-13-9-10(5-7-16-13)15(21)17-11-1-3-12(4-2-11)18-8-6-14(18)20/h1-5,7,9H,6,8H2,(H,16,19)(H,17,21). The Morgan fingerprint density at radius 1 is 1.14 bits per heavy atom. The van der Waals surface area contributed by atoms with Crippen molar-refractivity contribution in [1.82, 2.24) is 4.98 Å². The smallest absolute Gasteiger partial charge is 0.255 e. The molecule has 3 rings (SSSR count). The van der Waals surface area contributed by atoms with Crippen LogP contribution in [0.2, 0.25) is 0 Å². The lowest BCUT2D eigenvalue weighted by Crippen LogP contribution is -2.43. The van der Waals surface area contributed by atoms with Crippen LogP contribution in [0.5, 0.6) is 0 Å². The summed E-state index contributed by atoms with van der Waals surface area (Å²) < 4.78 is 0. The minimum Gasteiger partial charge on any atom is -0.329 e. The number of nitrogens with zero attached hydrogens (tertiary/aromatic N) is 1. The molecule has 2 amide bonds. The second kappa shape index (κ2) is 5.24. The number of aromatic nitrogens is 1. The average Bonchev–Trinajstić information content (AvgIpc) is 2.47. The number of pyridine rings is 1. The van der Waals surface area contributed by atoms with Gasteiger partial charge < -0.3 is 15.2 Å². The zero-order valence-electron chi connectivity index (χ0n) is 11.1. The van der Waals surface area contributed by atoms with E-state index in [9.17, 15) is 14.4 Å². The van der Waals surface area contributed by atoms with Crippen LogP contribution in [0.15, 0.2) is 47.4 Å². The predicted octanol–water partition coefficient (Wildman–Crippen LogP) is 1.36. The second-order valence-electron chi connectivity index (χ2n) is 4.74. The van der Waals surface area contributed by atoms with E-state index in [1.807, 2.05) is 0 Å². The summed E-state index contributed by atoms with van der Waals surface area (Å²) in [6.07, 6.45) is 2.01. The Hall–Kier alpha value is -2.89. The van der Waals surface area contributed by atoms with Crippen molar-refractivity contribution in [3.63, 3.8) is 0 Å². The van der Waals surface area contributed by atoms with Gasteiger partial charge >= 0.3 is 0 Å². The number of carbonyl (C=O) groups is 2. The van der Waals surface area contributed by atoms with Gasteiger partial charge in [-0.1, -0.05) is 0 Å². The van der Waals surface area contributed by atoms with Crippen LogP contribution in [-0.2, 0) is 4.79 Å². The summed E-state index contributed by atoms with van der Waals surface area (Å²) in [6.45, 7) is 0.733. The summed E-state index contributed by atoms with van der Waals surface area (Å²) in [5, 5.41) is 2.70. The SMILES string of the molecule is O=C(Nc1ccc(N2CCC2=O)cc1)c1cc[nH]c(=O)c1. The molecule has 106 valence electrons. The van der Waals surface area contributed by atoms with Gasteiger partial charge in [0, 0.05) is 42.2 Å². The van der Waals surface area contributed by atoms with Gasteiger partial charge in [-0.3, -0.25) is 14.4 Å². The van der Waals surface area contributed by atoms with Crippen LogP contribution in [-0.4, -0.2) is 23.3 Å². The molecule has 1 aliphatic heterocycles. The summed E-state index contributed by atoms with van der Waals surface area (Å²) in [4.78, 5) is 38.6. The number of hydrogen-bond donors (Lipinski definition) is 2. The molecule has 6 nitrogen and oxygen atoms in total. The van der Waals surface area contributed by atoms with Crippen molar-refractivity contribution in [2.24, 2.45) is 0 Å². The van der Waals surface area contributed by atoms with Crippen molar-refractivity contribution in [2.75, 3.05) is 16.8 Å². The molecular formula is C15H13N3O3. The molecule has 2 heterocycles. The van der Waals surface area contributed by atoms with Gasteiger partial charge in [0.05, 0.1) is 0 Å². The topological polar surface area (TPSA) is 82.3 Å². The molecule has 0 bridgehead atoms. The number of benzene rings is 1. The van der Waals surface area contributed by atoms with Gasteiger partial charge in [-0.25, -0.2) is 0 Å². The van der Waals surface area contributed by atoms with E-state index in [1.165, 1.54) is 18.3 Å². The van der Waals surface area contributed by atoms with E-state index >= 15 is 0 Å². The summed E-state index contributed by atoms with van der Waals surface area (Å²) in [5.74, 6) is -0.246. The van der Waals surface area contributed by atoms with Crippen molar-refractivity contribution < 1.29 is 9.59 Å². The molecule has 1 fully saturated rings. The maximum absolute atomic E-state index is 12.0. The Labute approximate surface area is 120 Å². The molecule has 1 saturated heterocycles. The van der Waals surface area contributed by atoms with Gasteiger partial charge in [0.1, 0.15) is 0 Å². The van der Waals surface area contributed by atoms with Crippen LogP contribution in [0.25, 0.3) is 0 Å². The largest absolute Gasteiger partial charge is 0.329 e. The molecule has 0 spiro atoms. The lowest BCUT2D eigenvalue weighted by Gasteiger charge is -2.30. The van der Waals surface area contributed by atoms with Gasteiger partial charge in [-0.15, -0.1) is 0 Å². The van der Waals surface area contributed by atoms with E-state index in [1.54, 1.807) is 29.2 Å². The first kappa shape index (κ1) is 13.1. The number of aromatic amines is 1. The van der Waals surface area contributed by atoms with Crippen molar-refractivity contribution in [2.45, 2.75) is 6.42 Å². The molecule has 2 N–H and O–H groups in total. The van der Waals surface area contributed by atoms with Gasteiger partial charge in [-0.2, -0.15) is 0 Å². The first-order valence-corrected chi connectivity index (χ1v) is 6.54. The molecule has 0 unspecified atom stereocenters. The Morgan fingerprint density at radius 2 is 1.90 bits per heavy atom. The van der Waals surface area contributed by atoms with Crippen molar-refractivity contribution >= 4 is 23.2 Å². The highest BCUT2D eigenvalue weighted by Crippen LogP contribution is 2.23. The molecule has 6 heteroatoms. The highest BCUT2D eigenvalue weighted by atomic mass is 16.2. The summed E-state index contributed by atoms with van der Waals surface area (Å²) in [5.41, 5.74) is 1.40. The third-order valence-electron chi connectivity index (χ3n) is 3.32. The summed E-state index contributed by atoms with van der Waals surface area (Å²) >= 11 is 0. The summed E-state index contributed by atoms with van der Waals surface area (Å²) in [6, 6.07) is 9.79. The van der Waals surface area contributed by atoms with E-state index in [4.69, 9.17) is 0 Å². The van der Waals surface area contributed by atoms with E-state index in [2.05, 4.69) is 10.3 Å². The highest BCUT2D eigenvalue weighted by Gasteiger charge is 2.24. The number of carbonyl (C=O) groups excluding carboxylic acids is 2. The van der Waals surface area contributed by atoms with Gasteiger partial charge in [0.25, 0.3) is 5.91 Å². The number of β-lactam (4-membered cyclic amide) rings is 1.